The van der Waals surface area contributed by atoms with E-state index in [1.54, 1.807) is 12.1 Å². The van der Waals surface area contributed by atoms with E-state index < -0.39 is 8.32 Å². The third-order valence-corrected chi connectivity index (χ3v) is 3.60. The first-order chi connectivity index (χ1) is 7.92. The molecule has 0 bridgehead atoms. The van der Waals surface area contributed by atoms with E-state index in [9.17, 15) is 4.39 Å². The summed E-state index contributed by atoms with van der Waals surface area (Å²) >= 11 is 5.73. The molecule has 1 atom stereocenters. The van der Waals surface area contributed by atoms with E-state index in [4.69, 9.17) is 16.0 Å². The molecule has 0 spiro atoms. The van der Waals surface area contributed by atoms with Gasteiger partial charge in [0.25, 0.3) is 0 Å². The van der Waals surface area contributed by atoms with Gasteiger partial charge in [-0.1, -0.05) is 12.1 Å². The minimum absolute atomic E-state index is 0.0426. The van der Waals surface area contributed by atoms with E-state index in [0.29, 0.717) is 5.88 Å². The van der Waals surface area contributed by atoms with E-state index in [0.717, 1.165) is 18.4 Å². The van der Waals surface area contributed by atoms with Crippen LogP contribution in [-0.2, 0) is 4.43 Å². The summed E-state index contributed by atoms with van der Waals surface area (Å²) in [6.45, 7) is 6.47. The molecule has 17 heavy (non-hydrogen) atoms. The number of hydrogen-bond donors (Lipinski definition) is 0. The normalized spacial score (nSPS) is 13.7. The molecule has 0 aliphatic carbocycles. The molecule has 4 heteroatoms. The average molecular weight is 275 g/mol. The molecule has 0 aliphatic heterocycles. The van der Waals surface area contributed by atoms with Crippen LogP contribution >= 0.6 is 11.6 Å². The van der Waals surface area contributed by atoms with Gasteiger partial charge in [0, 0.05) is 5.88 Å². The Labute approximate surface area is 109 Å². The molecule has 1 nitrogen and oxygen atoms in total. The molecule has 0 amide bonds. The van der Waals surface area contributed by atoms with Crippen LogP contribution in [0.1, 0.15) is 24.5 Å². The Hall–Kier alpha value is -0.383. The first kappa shape index (κ1) is 14.7. The van der Waals surface area contributed by atoms with Crippen LogP contribution in [0.5, 0.6) is 0 Å². The first-order valence-corrected chi connectivity index (χ1v) is 9.86. The smallest absolute Gasteiger partial charge is 0.184 e. The molecule has 0 saturated heterocycles. The van der Waals surface area contributed by atoms with E-state index in [2.05, 4.69) is 19.6 Å². The molecular weight excluding hydrogens is 255 g/mol. The van der Waals surface area contributed by atoms with Crippen molar-refractivity contribution in [1.82, 2.24) is 0 Å². The quantitative estimate of drug-likeness (QED) is 0.538. The predicted octanol–water partition coefficient (Wildman–Crippen LogP) is 4.74. The number of halogens is 2. The van der Waals surface area contributed by atoms with Gasteiger partial charge in [-0.15, -0.1) is 11.6 Å². The van der Waals surface area contributed by atoms with Gasteiger partial charge in [0.1, 0.15) is 5.82 Å². The van der Waals surface area contributed by atoms with Gasteiger partial charge in [-0.05, 0) is 50.2 Å². The largest absolute Gasteiger partial charge is 0.411 e. The van der Waals surface area contributed by atoms with Gasteiger partial charge in [0.15, 0.2) is 8.32 Å². The maximum absolute atomic E-state index is 12.9. The second-order valence-electron chi connectivity index (χ2n) is 5.10. The van der Waals surface area contributed by atoms with Gasteiger partial charge in [-0.3, -0.25) is 0 Å². The summed E-state index contributed by atoms with van der Waals surface area (Å²) in [6.07, 6.45) is 1.84. The molecule has 0 heterocycles. The van der Waals surface area contributed by atoms with Crippen molar-refractivity contribution in [1.29, 1.82) is 0 Å². The van der Waals surface area contributed by atoms with E-state index in [1.165, 1.54) is 12.1 Å². The Bertz CT molecular complexity index is 334. The van der Waals surface area contributed by atoms with Crippen LogP contribution in [-0.4, -0.2) is 14.2 Å². The van der Waals surface area contributed by atoms with Crippen molar-refractivity contribution >= 4 is 19.9 Å². The van der Waals surface area contributed by atoms with Crippen LogP contribution in [0.25, 0.3) is 0 Å². The fourth-order valence-electron chi connectivity index (χ4n) is 1.66. The lowest BCUT2D eigenvalue weighted by Gasteiger charge is -2.26. The molecule has 1 aromatic rings. The lowest BCUT2D eigenvalue weighted by molar-refractivity contribution is 0.186. The zero-order chi connectivity index (χ0) is 12.9. The Morgan fingerprint density at radius 3 is 2.29 bits per heavy atom. The summed E-state index contributed by atoms with van der Waals surface area (Å²) in [5, 5.41) is 0. The Balaban J connectivity index is 2.78. The summed E-state index contributed by atoms with van der Waals surface area (Å²) in [7, 11) is -1.60. The second-order valence-corrected chi connectivity index (χ2v) is 9.94. The number of benzene rings is 1. The van der Waals surface area contributed by atoms with Gasteiger partial charge < -0.3 is 4.43 Å². The second kappa shape index (κ2) is 6.52. The molecular formula is C13H20ClFOSi. The highest BCUT2D eigenvalue weighted by Crippen LogP contribution is 2.27. The lowest BCUT2D eigenvalue weighted by atomic mass is 10.1. The third-order valence-electron chi connectivity index (χ3n) is 2.34. The molecule has 0 aliphatic rings. The van der Waals surface area contributed by atoms with Gasteiger partial charge in [0.05, 0.1) is 6.10 Å². The molecule has 1 unspecified atom stereocenters. The summed E-state index contributed by atoms with van der Waals surface area (Å²) < 4.78 is 19.0. The van der Waals surface area contributed by atoms with Gasteiger partial charge in [-0.25, -0.2) is 4.39 Å². The highest BCUT2D eigenvalue weighted by atomic mass is 35.5. The van der Waals surface area contributed by atoms with Gasteiger partial charge in [-0.2, -0.15) is 0 Å². The predicted molar refractivity (Wildman–Crippen MR) is 73.5 cm³/mol. The fourth-order valence-corrected chi connectivity index (χ4v) is 2.92. The van der Waals surface area contributed by atoms with Crippen LogP contribution in [0.4, 0.5) is 4.39 Å². The van der Waals surface area contributed by atoms with Crippen molar-refractivity contribution in [2.24, 2.45) is 0 Å². The molecule has 0 fully saturated rings. The molecule has 96 valence electrons. The van der Waals surface area contributed by atoms with Crippen molar-refractivity contribution in [2.75, 3.05) is 5.88 Å². The highest BCUT2D eigenvalue weighted by Gasteiger charge is 2.22. The van der Waals surface area contributed by atoms with Crippen LogP contribution in [0.15, 0.2) is 24.3 Å². The van der Waals surface area contributed by atoms with Crippen LogP contribution in [0.3, 0.4) is 0 Å². The van der Waals surface area contributed by atoms with Crippen molar-refractivity contribution < 1.29 is 8.82 Å². The zero-order valence-electron chi connectivity index (χ0n) is 10.7. The number of rotatable bonds is 6. The highest BCUT2D eigenvalue weighted by molar-refractivity contribution is 6.69. The molecule has 0 aromatic heterocycles. The summed E-state index contributed by atoms with van der Waals surface area (Å²) in [5.74, 6) is 0.421. The SMILES string of the molecule is C[Si](C)(C)OC(CCCCl)c1ccc(F)cc1. The minimum Gasteiger partial charge on any atom is -0.411 e. The summed E-state index contributed by atoms with van der Waals surface area (Å²) in [4.78, 5) is 0. The lowest BCUT2D eigenvalue weighted by Crippen LogP contribution is -2.28. The summed E-state index contributed by atoms with van der Waals surface area (Å²) in [5.41, 5.74) is 1.04. The van der Waals surface area contributed by atoms with Crippen LogP contribution < -0.4 is 0 Å². The number of hydrogen-bond acceptors (Lipinski definition) is 1. The Kier molecular flexibility index (Phi) is 5.63. The van der Waals surface area contributed by atoms with Crippen molar-refractivity contribution in [3.8, 4) is 0 Å². The van der Waals surface area contributed by atoms with Crippen LogP contribution in [0.2, 0.25) is 19.6 Å². The van der Waals surface area contributed by atoms with Crippen molar-refractivity contribution in [2.45, 2.75) is 38.6 Å². The Morgan fingerprint density at radius 2 is 1.82 bits per heavy atom. The zero-order valence-corrected chi connectivity index (χ0v) is 12.4. The maximum atomic E-state index is 12.9. The maximum Gasteiger partial charge on any atom is 0.184 e. The van der Waals surface area contributed by atoms with Crippen molar-refractivity contribution in [3.63, 3.8) is 0 Å². The molecule has 0 N–H and O–H groups in total. The monoisotopic (exact) mass is 274 g/mol. The molecule has 0 radical (unpaired) electrons. The average Bonchev–Trinajstić information content (AvgIpc) is 2.24. The topological polar surface area (TPSA) is 9.23 Å². The molecule has 1 aromatic carbocycles. The Morgan fingerprint density at radius 1 is 1.24 bits per heavy atom. The fraction of sp³-hybridized carbons (Fsp3) is 0.538. The van der Waals surface area contributed by atoms with E-state index in [-0.39, 0.29) is 11.9 Å². The van der Waals surface area contributed by atoms with Gasteiger partial charge in [0.2, 0.25) is 0 Å². The van der Waals surface area contributed by atoms with E-state index in [1.807, 2.05) is 0 Å². The van der Waals surface area contributed by atoms with Crippen LogP contribution in [0, 0.1) is 5.82 Å². The minimum atomic E-state index is -1.60. The van der Waals surface area contributed by atoms with Crippen molar-refractivity contribution in [3.05, 3.63) is 35.6 Å². The first-order valence-electron chi connectivity index (χ1n) is 5.91. The number of alkyl halides is 1. The molecule has 1 rings (SSSR count). The summed E-state index contributed by atoms with van der Waals surface area (Å²) in [6, 6.07) is 6.57. The molecule has 0 saturated carbocycles. The third kappa shape index (κ3) is 5.66. The van der Waals surface area contributed by atoms with Gasteiger partial charge >= 0.3 is 0 Å². The van der Waals surface area contributed by atoms with E-state index >= 15 is 0 Å². The standard InChI is InChI=1S/C13H20ClFOSi/c1-17(2,3)16-13(5-4-10-14)11-6-8-12(15)9-7-11/h6-9,13H,4-5,10H2,1-3H3.